The number of aromatic hydroxyl groups is 1. The van der Waals surface area contributed by atoms with Crippen LogP contribution in [0.3, 0.4) is 0 Å². The normalized spacial score (nSPS) is 8.43. The highest BCUT2D eigenvalue weighted by Gasteiger charge is 2.05. The van der Waals surface area contributed by atoms with Crippen molar-refractivity contribution in [3.63, 3.8) is 0 Å². The number of carbonyl (C=O) groups is 2. The molecule has 0 aliphatic carbocycles. The van der Waals surface area contributed by atoms with Crippen molar-refractivity contribution >= 4 is 22.8 Å². The number of hydrogen-bond donors (Lipinski definition) is 2. The molecule has 0 aliphatic rings. The van der Waals surface area contributed by atoms with E-state index in [1.54, 1.807) is 12.1 Å². The van der Waals surface area contributed by atoms with Crippen molar-refractivity contribution < 1.29 is 19.8 Å². The van der Waals surface area contributed by atoms with Gasteiger partial charge < -0.3 is 10.2 Å². The lowest BCUT2D eigenvalue weighted by molar-refractivity contribution is -0.109. The Morgan fingerprint density at radius 3 is 2.00 bits per heavy atom. The zero-order valence-corrected chi connectivity index (χ0v) is 8.15. The molecule has 2 N–H and O–H groups in total. The van der Waals surface area contributed by atoms with Gasteiger partial charge >= 0.3 is 5.97 Å². The fourth-order valence-corrected chi connectivity index (χ4v) is 0.654. The van der Waals surface area contributed by atoms with Crippen LogP contribution in [0.2, 0.25) is 0 Å². The lowest BCUT2D eigenvalue weighted by Crippen LogP contribution is -1.95. The van der Waals surface area contributed by atoms with Crippen molar-refractivity contribution in [2.45, 2.75) is 6.92 Å². The van der Waals surface area contributed by atoms with E-state index >= 15 is 0 Å². The maximum atomic E-state index is 10.3. The molecule has 0 saturated carbocycles. The van der Waals surface area contributed by atoms with Gasteiger partial charge in [-0.3, -0.25) is 4.79 Å². The maximum absolute atomic E-state index is 10.3. The maximum Gasteiger partial charge on any atom is 0.339 e. The Hall–Kier alpha value is -1.55. The van der Waals surface area contributed by atoms with Gasteiger partial charge in [0.2, 0.25) is 5.24 Å². The van der Waals surface area contributed by atoms with E-state index in [9.17, 15) is 9.59 Å². The second-order valence-electron chi connectivity index (χ2n) is 2.29. The summed E-state index contributed by atoms with van der Waals surface area (Å²) in [7, 11) is 0. The van der Waals surface area contributed by atoms with Crippen LogP contribution in [0.25, 0.3) is 0 Å². The van der Waals surface area contributed by atoms with Gasteiger partial charge in [-0.25, -0.2) is 4.79 Å². The summed E-state index contributed by atoms with van der Waals surface area (Å²) in [5.74, 6) is -1.31. The van der Waals surface area contributed by atoms with Crippen LogP contribution in [-0.2, 0) is 4.79 Å². The average Bonchev–Trinajstić information content (AvgIpc) is 2.03. The number of carboxylic acids is 1. The molecule has 0 bridgehead atoms. The van der Waals surface area contributed by atoms with E-state index in [1.807, 2.05) is 0 Å². The summed E-state index contributed by atoms with van der Waals surface area (Å²) in [6.07, 6.45) is 0. The molecule has 0 atom stereocenters. The number of aromatic carboxylic acids is 1. The van der Waals surface area contributed by atoms with Crippen LogP contribution >= 0.6 is 11.6 Å². The zero-order chi connectivity index (χ0) is 11.1. The molecule has 0 heterocycles. The molecular weight excluding hydrogens is 208 g/mol. The van der Waals surface area contributed by atoms with Gasteiger partial charge in [0.1, 0.15) is 11.3 Å². The summed E-state index contributed by atoms with van der Waals surface area (Å²) in [6, 6.07) is 5.81. The van der Waals surface area contributed by atoms with Crippen molar-refractivity contribution in [3.8, 4) is 5.75 Å². The predicted octanol–water partition coefficient (Wildman–Crippen LogP) is 1.86. The van der Waals surface area contributed by atoms with Gasteiger partial charge in [0.05, 0.1) is 0 Å². The molecule has 1 aromatic rings. The van der Waals surface area contributed by atoms with E-state index in [0.717, 1.165) is 0 Å². The number of halogens is 1. The van der Waals surface area contributed by atoms with E-state index < -0.39 is 5.97 Å². The molecule has 1 aromatic carbocycles. The molecule has 76 valence electrons. The number of carboxylic acid groups (broad SMARTS) is 1. The number of phenols is 1. The van der Waals surface area contributed by atoms with Crippen LogP contribution in [-0.4, -0.2) is 21.4 Å². The molecule has 5 heteroatoms. The van der Waals surface area contributed by atoms with Crippen LogP contribution in [0.1, 0.15) is 17.3 Å². The minimum Gasteiger partial charge on any atom is -0.507 e. The molecule has 0 radical (unpaired) electrons. The fraction of sp³-hybridized carbons (Fsp3) is 0.111. The van der Waals surface area contributed by atoms with Gasteiger partial charge in [0.25, 0.3) is 0 Å². The van der Waals surface area contributed by atoms with Crippen LogP contribution in [0.15, 0.2) is 24.3 Å². The third-order valence-electron chi connectivity index (χ3n) is 1.13. The molecule has 1 rings (SSSR count). The summed E-state index contributed by atoms with van der Waals surface area (Å²) in [6.45, 7) is 1.29. The summed E-state index contributed by atoms with van der Waals surface area (Å²) in [5, 5.41) is 16.9. The smallest absolute Gasteiger partial charge is 0.339 e. The summed E-state index contributed by atoms with van der Waals surface area (Å²) in [5.41, 5.74) is -0.0671. The van der Waals surface area contributed by atoms with Gasteiger partial charge in [0, 0.05) is 6.92 Å². The van der Waals surface area contributed by atoms with E-state index in [0.29, 0.717) is 0 Å². The highest BCUT2D eigenvalue weighted by atomic mass is 35.5. The van der Waals surface area contributed by atoms with E-state index in [2.05, 4.69) is 11.6 Å². The van der Waals surface area contributed by atoms with Crippen molar-refractivity contribution in [1.82, 2.24) is 0 Å². The van der Waals surface area contributed by atoms with Crippen LogP contribution in [0.5, 0.6) is 5.75 Å². The second-order valence-corrected chi connectivity index (χ2v) is 2.82. The largest absolute Gasteiger partial charge is 0.507 e. The van der Waals surface area contributed by atoms with Crippen LogP contribution in [0.4, 0.5) is 0 Å². The minimum absolute atomic E-state index is 0.0671. The van der Waals surface area contributed by atoms with Gasteiger partial charge in [-0.05, 0) is 23.7 Å². The quantitative estimate of drug-likeness (QED) is 0.703. The molecule has 0 fully saturated rings. The van der Waals surface area contributed by atoms with Crippen molar-refractivity contribution in [1.29, 1.82) is 0 Å². The van der Waals surface area contributed by atoms with Crippen molar-refractivity contribution in [3.05, 3.63) is 29.8 Å². The lowest BCUT2D eigenvalue weighted by atomic mass is 10.2. The Morgan fingerprint density at radius 2 is 1.71 bits per heavy atom. The molecule has 0 aliphatic heterocycles. The second kappa shape index (κ2) is 5.99. The van der Waals surface area contributed by atoms with E-state index in [-0.39, 0.29) is 16.6 Å². The first-order valence-electron chi connectivity index (χ1n) is 3.62. The molecule has 14 heavy (non-hydrogen) atoms. The van der Waals surface area contributed by atoms with Gasteiger partial charge in [-0.2, -0.15) is 0 Å². The third kappa shape index (κ3) is 5.16. The van der Waals surface area contributed by atoms with Crippen LogP contribution < -0.4 is 0 Å². The zero-order valence-electron chi connectivity index (χ0n) is 7.40. The Morgan fingerprint density at radius 1 is 1.29 bits per heavy atom. The Kier molecular flexibility index (Phi) is 5.33. The first-order valence-corrected chi connectivity index (χ1v) is 4.00. The first-order chi connectivity index (χ1) is 6.45. The van der Waals surface area contributed by atoms with Gasteiger partial charge in [-0.1, -0.05) is 12.1 Å². The molecule has 0 aromatic heterocycles. The highest BCUT2D eigenvalue weighted by molar-refractivity contribution is 6.62. The lowest BCUT2D eigenvalue weighted by Gasteiger charge is -1.95. The van der Waals surface area contributed by atoms with Crippen molar-refractivity contribution in [2.24, 2.45) is 0 Å². The standard InChI is InChI=1S/C7H6O3.C2H3ClO/c8-6-4-2-1-3-5(6)7(9)10;1-2(3)4/h1-4,8H,(H,9,10);1H3. The number of rotatable bonds is 1. The summed E-state index contributed by atoms with van der Waals surface area (Å²) < 4.78 is 0. The topological polar surface area (TPSA) is 74.6 Å². The summed E-state index contributed by atoms with van der Waals surface area (Å²) in [4.78, 5) is 19.5. The first kappa shape index (κ1) is 12.4. The molecule has 0 spiro atoms. The SMILES string of the molecule is CC(=O)Cl.O=C(O)c1ccccc1O. The molecule has 0 unspecified atom stereocenters. The van der Waals surface area contributed by atoms with Crippen LogP contribution in [0, 0.1) is 0 Å². The monoisotopic (exact) mass is 216 g/mol. The van der Waals surface area contributed by atoms with Gasteiger partial charge in [-0.15, -0.1) is 0 Å². The molecule has 0 saturated heterocycles. The Bertz CT molecular complexity index is 331. The Labute approximate surface area is 85.7 Å². The molecule has 0 amide bonds. The highest BCUT2D eigenvalue weighted by Crippen LogP contribution is 2.14. The predicted molar refractivity (Wildman–Crippen MR) is 51.6 cm³/mol. The van der Waals surface area contributed by atoms with Crippen molar-refractivity contribution in [2.75, 3.05) is 0 Å². The number of benzene rings is 1. The third-order valence-corrected chi connectivity index (χ3v) is 1.13. The van der Waals surface area contributed by atoms with E-state index in [1.165, 1.54) is 19.1 Å². The Balaban J connectivity index is 0.000000364. The number of carbonyl (C=O) groups excluding carboxylic acids is 1. The van der Waals surface area contributed by atoms with Gasteiger partial charge in [0.15, 0.2) is 0 Å². The number of hydrogen-bond acceptors (Lipinski definition) is 3. The fourth-order valence-electron chi connectivity index (χ4n) is 0.654. The average molecular weight is 217 g/mol. The molecule has 4 nitrogen and oxygen atoms in total. The molecular formula is C9H9ClO4. The van der Waals surface area contributed by atoms with E-state index in [4.69, 9.17) is 10.2 Å². The number of para-hydroxylation sites is 1. The minimum atomic E-state index is -1.11. The summed E-state index contributed by atoms with van der Waals surface area (Å²) >= 11 is 4.64.